The molecule has 1 spiro atoms. The molecular formula is C17H23NO4S. The van der Waals surface area contributed by atoms with Crippen molar-refractivity contribution in [1.82, 2.24) is 4.90 Å². The molecule has 0 aromatic heterocycles. The Morgan fingerprint density at radius 2 is 1.78 bits per heavy atom. The van der Waals surface area contributed by atoms with Crippen LogP contribution >= 0.6 is 0 Å². The Morgan fingerprint density at radius 3 is 2.43 bits per heavy atom. The van der Waals surface area contributed by atoms with E-state index in [4.69, 9.17) is 9.47 Å². The molecule has 3 aliphatic rings. The number of rotatable bonds is 2. The van der Waals surface area contributed by atoms with Crippen LogP contribution < -0.4 is 0 Å². The average molecular weight is 337 g/mol. The zero-order valence-electron chi connectivity index (χ0n) is 13.6. The summed E-state index contributed by atoms with van der Waals surface area (Å²) in [6.07, 6.45) is 2.09. The minimum atomic E-state index is -3.42. The molecule has 0 unspecified atom stereocenters. The highest BCUT2D eigenvalue weighted by atomic mass is 32.2. The molecule has 4 rings (SSSR count). The van der Waals surface area contributed by atoms with Crippen molar-refractivity contribution in [3.8, 4) is 0 Å². The fraction of sp³-hybridized carbons (Fsp3) is 0.647. The fourth-order valence-electron chi connectivity index (χ4n) is 4.76. The molecule has 6 heteroatoms. The highest BCUT2D eigenvalue weighted by molar-refractivity contribution is 7.93. The third-order valence-corrected chi connectivity index (χ3v) is 8.56. The van der Waals surface area contributed by atoms with Gasteiger partial charge in [0.1, 0.15) is 0 Å². The van der Waals surface area contributed by atoms with Crippen molar-refractivity contribution < 1.29 is 17.9 Å². The van der Waals surface area contributed by atoms with Gasteiger partial charge in [-0.2, -0.15) is 0 Å². The molecule has 0 radical (unpaired) electrons. The molecule has 1 aromatic rings. The minimum Gasteiger partial charge on any atom is -0.346 e. The summed E-state index contributed by atoms with van der Waals surface area (Å²) >= 11 is 0. The molecule has 0 aliphatic carbocycles. The second-order valence-corrected chi connectivity index (χ2v) is 9.49. The summed E-state index contributed by atoms with van der Waals surface area (Å²) in [5, 5.41) is 0. The van der Waals surface area contributed by atoms with Crippen molar-refractivity contribution in [1.29, 1.82) is 0 Å². The van der Waals surface area contributed by atoms with E-state index in [1.807, 2.05) is 20.0 Å². The van der Waals surface area contributed by atoms with Crippen LogP contribution in [-0.2, 0) is 19.3 Å². The monoisotopic (exact) mass is 337 g/mol. The van der Waals surface area contributed by atoms with Gasteiger partial charge in [0.05, 0.1) is 28.9 Å². The van der Waals surface area contributed by atoms with Gasteiger partial charge in [-0.15, -0.1) is 0 Å². The van der Waals surface area contributed by atoms with Crippen LogP contribution in [0.5, 0.6) is 0 Å². The Bertz CT molecular complexity index is 699. The molecular weight excluding hydrogens is 314 g/mol. The largest absolute Gasteiger partial charge is 0.346 e. The van der Waals surface area contributed by atoms with Crippen LogP contribution in [0.4, 0.5) is 0 Å². The van der Waals surface area contributed by atoms with E-state index in [9.17, 15) is 8.42 Å². The lowest BCUT2D eigenvalue weighted by Gasteiger charge is -2.44. The molecule has 0 saturated carbocycles. The molecule has 126 valence electrons. The Hall–Kier alpha value is -0.950. The van der Waals surface area contributed by atoms with Gasteiger partial charge in [-0.05, 0) is 38.9 Å². The zero-order valence-corrected chi connectivity index (χ0v) is 14.4. The number of sulfone groups is 1. The molecule has 2 bridgehead atoms. The maximum Gasteiger partial charge on any atom is 0.185 e. The Morgan fingerprint density at radius 1 is 1.13 bits per heavy atom. The van der Waals surface area contributed by atoms with Crippen LogP contribution in [0.15, 0.2) is 35.2 Å². The van der Waals surface area contributed by atoms with E-state index in [-0.39, 0.29) is 12.1 Å². The first-order valence-corrected chi connectivity index (χ1v) is 9.69. The number of ether oxygens (including phenoxy) is 2. The molecule has 0 amide bonds. The molecule has 3 aliphatic heterocycles. The molecule has 3 saturated heterocycles. The summed E-state index contributed by atoms with van der Waals surface area (Å²) in [6, 6.07) is 8.79. The smallest absolute Gasteiger partial charge is 0.185 e. The molecule has 23 heavy (non-hydrogen) atoms. The number of fused-ring (bicyclic) bond motifs is 3. The molecule has 0 N–H and O–H groups in total. The first-order valence-electron chi connectivity index (χ1n) is 8.20. The quantitative estimate of drug-likeness (QED) is 0.824. The van der Waals surface area contributed by atoms with Gasteiger partial charge in [0.15, 0.2) is 15.6 Å². The van der Waals surface area contributed by atoms with Gasteiger partial charge in [-0.1, -0.05) is 18.2 Å². The maximum atomic E-state index is 13.3. The Kier molecular flexibility index (Phi) is 3.40. The van der Waals surface area contributed by atoms with Gasteiger partial charge >= 0.3 is 0 Å². The second-order valence-electron chi connectivity index (χ2n) is 7.08. The van der Waals surface area contributed by atoms with Gasteiger partial charge in [-0.3, -0.25) is 4.90 Å². The van der Waals surface area contributed by atoms with E-state index in [0.29, 0.717) is 24.5 Å². The molecule has 5 nitrogen and oxygen atoms in total. The summed E-state index contributed by atoms with van der Waals surface area (Å²) in [7, 11) is -1.42. The van der Waals surface area contributed by atoms with Crippen molar-refractivity contribution in [2.75, 3.05) is 20.3 Å². The molecule has 3 fully saturated rings. The van der Waals surface area contributed by atoms with E-state index in [0.717, 1.165) is 12.8 Å². The van der Waals surface area contributed by atoms with Gasteiger partial charge in [0.25, 0.3) is 0 Å². The number of hydrogen-bond donors (Lipinski definition) is 0. The lowest BCUT2D eigenvalue weighted by molar-refractivity contribution is -0.215. The van der Waals surface area contributed by atoms with E-state index in [1.165, 1.54) is 0 Å². The van der Waals surface area contributed by atoms with Gasteiger partial charge in [0, 0.05) is 12.5 Å². The highest BCUT2D eigenvalue weighted by Crippen LogP contribution is 2.52. The Labute approximate surface area is 137 Å². The molecule has 3 atom stereocenters. The van der Waals surface area contributed by atoms with E-state index >= 15 is 0 Å². The standard InChI is InChI=1S/C17H23NO4S/c1-16(23(19,20)13-6-4-3-5-7-13)12-15-17(21-10-11-22-17)9-8-14(16)18(15)2/h3-7,14-15H,8-12H2,1-2H3/t14-,15-,16-/m1/s1. The van der Waals surface area contributed by atoms with Crippen molar-refractivity contribution in [2.24, 2.45) is 0 Å². The van der Waals surface area contributed by atoms with Crippen LogP contribution in [0.1, 0.15) is 26.2 Å². The maximum absolute atomic E-state index is 13.3. The van der Waals surface area contributed by atoms with Gasteiger partial charge < -0.3 is 9.47 Å². The third kappa shape index (κ3) is 1.98. The van der Waals surface area contributed by atoms with Crippen molar-refractivity contribution in [3.05, 3.63) is 30.3 Å². The van der Waals surface area contributed by atoms with E-state index in [2.05, 4.69) is 4.90 Å². The number of likely N-dealkylation sites (N-methyl/N-ethyl adjacent to an activating group) is 1. The van der Waals surface area contributed by atoms with Gasteiger partial charge in [-0.25, -0.2) is 8.42 Å². The number of benzene rings is 1. The highest BCUT2D eigenvalue weighted by Gasteiger charge is 2.65. The van der Waals surface area contributed by atoms with Crippen molar-refractivity contribution in [2.45, 2.75) is 53.7 Å². The summed E-state index contributed by atoms with van der Waals surface area (Å²) in [6.45, 7) is 3.08. The normalized spacial score (nSPS) is 36.6. The summed E-state index contributed by atoms with van der Waals surface area (Å²) in [5.41, 5.74) is 0. The number of nitrogens with zero attached hydrogens (tertiary/aromatic N) is 1. The second kappa shape index (κ2) is 5.02. The van der Waals surface area contributed by atoms with Crippen LogP contribution in [0.25, 0.3) is 0 Å². The van der Waals surface area contributed by atoms with E-state index in [1.54, 1.807) is 24.3 Å². The average Bonchev–Trinajstić information content (AvgIpc) is 3.07. The zero-order chi connectivity index (χ0) is 16.3. The molecule has 3 heterocycles. The minimum absolute atomic E-state index is 0.00358. The first-order chi connectivity index (χ1) is 10.9. The van der Waals surface area contributed by atoms with Crippen LogP contribution in [0.2, 0.25) is 0 Å². The predicted molar refractivity (Wildman–Crippen MR) is 85.9 cm³/mol. The van der Waals surface area contributed by atoms with Crippen LogP contribution in [0, 0.1) is 0 Å². The first kappa shape index (κ1) is 15.6. The summed E-state index contributed by atoms with van der Waals surface area (Å²) < 4.78 is 37.7. The van der Waals surface area contributed by atoms with Crippen molar-refractivity contribution in [3.63, 3.8) is 0 Å². The topological polar surface area (TPSA) is 55.8 Å². The summed E-state index contributed by atoms with van der Waals surface area (Å²) in [4.78, 5) is 2.58. The number of piperidine rings is 1. The lowest BCUT2D eigenvalue weighted by Crippen LogP contribution is -2.56. The molecule has 1 aromatic carbocycles. The summed E-state index contributed by atoms with van der Waals surface area (Å²) in [5.74, 6) is -0.616. The SMILES string of the molecule is CN1[C@@H]2C[C@@](C)(S(=O)(=O)c3ccccc3)[C@H]1CCC21OCCO1. The van der Waals surface area contributed by atoms with Crippen LogP contribution in [0.3, 0.4) is 0 Å². The van der Waals surface area contributed by atoms with Gasteiger partial charge in [0.2, 0.25) is 0 Å². The predicted octanol–water partition coefficient (Wildman–Crippen LogP) is 1.83. The van der Waals surface area contributed by atoms with Crippen molar-refractivity contribution >= 4 is 9.84 Å². The Balaban J connectivity index is 1.76. The fourth-order valence-corrected chi connectivity index (χ4v) is 6.83. The van der Waals surface area contributed by atoms with E-state index < -0.39 is 20.4 Å². The van der Waals surface area contributed by atoms with Crippen LogP contribution in [-0.4, -0.2) is 56.2 Å². The number of hydrogen-bond acceptors (Lipinski definition) is 5. The third-order valence-electron chi connectivity index (χ3n) is 6.00. The lowest BCUT2D eigenvalue weighted by atomic mass is 9.96.